The third-order valence-corrected chi connectivity index (χ3v) is 3.03. The molecule has 0 saturated carbocycles. The summed E-state index contributed by atoms with van der Waals surface area (Å²) >= 11 is 0. The minimum absolute atomic E-state index is 0.105. The molecule has 0 unspecified atom stereocenters. The number of nitrogens with two attached hydrogens (primary N) is 1. The molecule has 1 rings (SSSR count). The van der Waals surface area contributed by atoms with Crippen molar-refractivity contribution in [3.05, 3.63) is 24.0 Å². The first kappa shape index (κ1) is 14.5. The van der Waals surface area contributed by atoms with E-state index in [0.717, 1.165) is 24.2 Å². The Morgan fingerprint density at radius 2 is 2.17 bits per heavy atom. The highest BCUT2D eigenvalue weighted by Gasteiger charge is 2.15. The van der Waals surface area contributed by atoms with E-state index in [9.17, 15) is 0 Å². The molecule has 0 fully saturated rings. The SMILES string of the molecule is CCCCCN(c1cnccc1C(=N)N)C(C)C. The van der Waals surface area contributed by atoms with E-state index < -0.39 is 0 Å². The molecule has 18 heavy (non-hydrogen) atoms. The summed E-state index contributed by atoms with van der Waals surface area (Å²) in [4.78, 5) is 6.44. The highest BCUT2D eigenvalue weighted by molar-refractivity contribution is 6.00. The molecule has 1 aromatic rings. The predicted molar refractivity (Wildman–Crippen MR) is 77.3 cm³/mol. The lowest BCUT2D eigenvalue weighted by molar-refractivity contribution is 0.625. The maximum Gasteiger partial charge on any atom is 0.125 e. The Bertz CT molecular complexity index is 387. The van der Waals surface area contributed by atoms with Gasteiger partial charge in [0.15, 0.2) is 0 Å². The highest BCUT2D eigenvalue weighted by Crippen LogP contribution is 2.21. The van der Waals surface area contributed by atoms with E-state index >= 15 is 0 Å². The van der Waals surface area contributed by atoms with Crippen LogP contribution in [-0.4, -0.2) is 23.4 Å². The number of aromatic nitrogens is 1. The molecular weight excluding hydrogens is 224 g/mol. The van der Waals surface area contributed by atoms with E-state index in [-0.39, 0.29) is 5.84 Å². The smallest absolute Gasteiger partial charge is 0.125 e. The Labute approximate surface area is 110 Å². The lowest BCUT2D eigenvalue weighted by Crippen LogP contribution is -2.33. The molecule has 0 spiro atoms. The molecule has 1 heterocycles. The zero-order valence-electron chi connectivity index (χ0n) is 11.6. The highest BCUT2D eigenvalue weighted by atomic mass is 15.2. The number of nitrogens with one attached hydrogen (secondary N) is 1. The summed E-state index contributed by atoms with van der Waals surface area (Å²) in [6.07, 6.45) is 7.08. The topological polar surface area (TPSA) is 66.0 Å². The number of hydrogen-bond donors (Lipinski definition) is 2. The fraction of sp³-hybridized carbons (Fsp3) is 0.571. The van der Waals surface area contributed by atoms with Crippen molar-refractivity contribution in [2.24, 2.45) is 5.73 Å². The number of nitrogen functional groups attached to an aromatic ring is 1. The molecule has 0 bridgehead atoms. The fourth-order valence-electron chi connectivity index (χ4n) is 2.03. The molecule has 0 saturated heterocycles. The molecule has 4 heteroatoms. The third-order valence-electron chi connectivity index (χ3n) is 3.03. The minimum atomic E-state index is 0.105. The first-order valence-electron chi connectivity index (χ1n) is 6.63. The number of unbranched alkanes of at least 4 members (excludes halogenated alkanes) is 2. The Kier molecular flexibility index (Phi) is 5.62. The zero-order chi connectivity index (χ0) is 13.5. The van der Waals surface area contributed by atoms with Crippen molar-refractivity contribution in [2.75, 3.05) is 11.4 Å². The van der Waals surface area contributed by atoms with Crippen molar-refractivity contribution >= 4 is 11.5 Å². The lowest BCUT2D eigenvalue weighted by Gasteiger charge is -2.30. The molecule has 0 aliphatic carbocycles. The Hall–Kier alpha value is -1.58. The van der Waals surface area contributed by atoms with Crippen molar-refractivity contribution in [1.82, 2.24) is 4.98 Å². The van der Waals surface area contributed by atoms with Gasteiger partial charge in [0.25, 0.3) is 0 Å². The minimum Gasteiger partial charge on any atom is -0.384 e. The van der Waals surface area contributed by atoms with E-state index in [0.29, 0.717) is 6.04 Å². The van der Waals surface area contributed by atoms with Crippen molar-refractivity contribution in [2.45, 2.75) is 46.1 Å². The first-order valence-corrected chi connectivity index (χ1v) is 6.63. The summed E-state index contributed by atoms with van der Waals surface area (Å²) in [6.45, 7) is 7.49. The maximum atomic E-state index is 7.65. The number of rotatable bonds is 7. The Morgan fingerprint density at radius 1 is 1.44 bits per heavy atom. The molecule has 0 radical (unpaired) electrons. The van der Waals surface area contributed by atoms with Crippen LogP contribution in [0.5, 0.6) is 0 Å². The van der Waals surface area contributed by atoms with E-state index in [2.05, 4.69) is 30.7 Å². The monoisotopic (exact) mass is 248 g/mol. The van der Waals surface area contributed by atoms with Gasteiger partial charge < -0.3 is 10.6 Å². The van der Waals surface area contributed by atoms with Crippen LogP contribution in [0.2, 0.25) is 0 Å². The number of pyridine rings is 1. The largest absolute Gasteiger partial charge is 0.384 e. The van der Waals surface area contributed by atoms with E-state index in [1.54, 1.807) is 6.20 Å². The van der Waals surface area contributed by atoms with Crippen LogP contribution in [0.25, 0.3) is 0 Å². The summed E-state index contributed by atoms with van der Waals surface area (Å²) in [6, 6.07) is 2.19. The molecule has 0 aliphatic rings. The second kappa shape index (κ2) is 6.99. The van der Waals surface area contributed by atoms with Gasteiger partial charge >= 0.3 is 0 Å². The molecule has 100 valence electrons. The predicted octanol–water partition coefficient (Wildman–Crippen LogP) is 2.77. The van der Waals surface area contributed by atoms with Crippen LogP contribution in [0.4, 0.5) is 5.69 Å². The fourth-order valence-corrected chi connectivity index (χ4v) is 2.03. The molecule has 0 amide bonds. The quantitative estimate of drug-likeness (QED) is 0.443. The van der Waals surface area contributed by atoms with Crippen LogP contribution >= 0.6 is 0 Å². The summed E-state index contributed by atoms with van der Waals surface area (Å²) in [5, 5.41) is 7.65. The summed E-state index contributed by atoms with van der Waals surface area (Å²) in [5.74, 6) is 0.105. The van der Waals surface area contributed by atoms with Gasteiger partial charge in [0.05, 0.1) is 11.9 Å². The Morgan fingerprint density at radius 3 is 2.72 bits per heavy atom. The van der Waals surface area contributed by atoms with Crippen LogP contribution in [0.1, 0.15) is 45.6 Å². The number of nitrogens with zero attached hydrogens (tertiary/aromatic N) is 2. The van der Waals surface area contributed by atoms with Gasteiger partial charge in [-0.3, -0.25) is 10.4 Å². The average Bonchev–Trinajstić information content (AvgIpc) is 2.34. The normalized spacial score (nSPS) is 10.7. The second-order valence-electron chi connectivity index (χ2n) is 4.80. The van der Waals surface area contributed by atoms with Crippen molar-refractivity contribution < 1.29 is 0 Å². The summed E-state index contributed by atoms with van der Waals surface area (Å²) in [7, 11) is 0. The van der Waals surface area contributed by atoms with Gasteiger partial charge in [0, 0.05) is 24.3 Å². The van der Waals surface area contributed by atoms with Crippen molar-refractivity contribution in [1.29, 1.82) is 5.41 Å². The number of hydrogen-bond acceptors (Lipinski definition) is 3. The van der Waals surface area contributed by atoms with Gasteiger partial charge in [0.2, 0.25) is 0 Å². The van der Waals surface area contributed by atoms with Crippen LogP contribution < -0.4 is 10.6 Å². The molecule has 0 atom stereocenters. The van der Waals surface area contributed by atoms with Crippen molar-refractivity contribution in [3.63, 3.8) is 0 Å². The van der Waals surface area contributed by atoms with Crippen LogP contribution in [0, 0.1) is 5.41 Å². The molecular formula is C14H24N4. The standard InChI is InChI=1S/C14H24N4/c1-4-5-6-9-18(11(2)3)13-10-17-8-7-12(13)14(15)16/h7-8,10-11H,4-6,9H2,1-3H3,(H3,15,16). The maximum absolute atomic E-state index is 7.65. The van der Waals surface area contributed by atoms with Gasteiger partial charge in [-0.15, -0.1) is 0 Å². The summed E-state index contributed by atoms with van der Waals surface area (Å²) < 4.78 is 0. The van der Waals surface area contributed by atoms with Gasteiger partial charge in [-0.1, -0.05) is 19.8 Å². The van der Waals surface area contributed by atoms with E-state index in [1.165, 1.54) is 12.8 Å². The zero-order valence-corrected chi connectivity index (χ0v) is 11.6. The van der Waals surface area contributed by atoms with Gasteiger partial charge in [-0.05, 0) is 26.3 Å². The molecule has 1 aromatic heterocycles. The molecule has 0 aliphatic heterocycles. The first-order chi connectivity index (χ1) is 8.57. The number of amidine groups is 1. The van der Waals surface area contributed by atoms with Gasteiger partial charge in [-0.25, -0.2) is 0 Å². The second-order valence-corrected chi connectivity index (χ2v) is 4.80. The Balaban J connectivity index is 2.94. The third kappa shape index (κ3) is 3.72. The van der Waals surface area contributed by atoms with Crippen molar-refractivity contribution in [3.8, 4) is 0 Å². The molecule has 3 N–H and O–H groups in total. The van der Waals surface area contributed by atoms with Crippen LogP contribution in [0.15, 0.2) is 18.5 Å². The number of anilines is 1. The van der Waals surface area contributed by atoms with E-state index in [4.69, 9.17) is 11.1 Å². The van der Waals surface area contributed by atoms with Gasteiger partial charge in [-0.2, -0.15) is 0 Å². The summed E-state index contributed by atoms with van der Waals surface area (Å²) in [5.41, 5.74) is 7.38. The molecule has 0 aromatic carbocycles. The van der Waals surface area contributed by atoms with Gasteiger partial charge in [0.1, 0.15) is 5.84 Å². The molecule has 4 nitrogen and oxygen atoms in total. The average molecular weight is 248 g/mol. The van der Waals surface area contributed by atoms with E-state index in [1.807, 2.05) is 12.3 Å². The van der Waals surface area contributed by atoms with Crippen LogP contribution in [0.3, 0.4) is 0 Å². The lowest BCUT2D eigenvalue weighted by atomic mass is 10.1. The van der Waals surface area contributed by atoms with Crippen LogP contribution in [-0.2, 0) is 0 Å².